The van der Waals surface area contributed by atoms with Gasteiger partial charge in [-0.15, -0.1) is 0 Å². The molecule has 0 aliphatic rings. The Bertz CT molecular complexity index is 435. The summed E-state index contributed by atoms with van der Waals surface area (Å²) in [5.74, 6) is 0.438. The van der Waals surface area contributed by atoms with E-state index in [0.717, 1.165) is 11.3 Å². The highest BCUT2D eigenvalue weighted by Crippen LogP contribution is 2.14. The van der Waals surface area contributed by atoms with Crippen LogP contribution in [0.4, 0.5) is 0 Å². The first-order chi connectivity index (χ1) is 8.63. The fraction of sp³-hybridized carbons (Fsp3) is 0.267. The van der Waals surface area contributed by atoms with E-state index in [9.17, 15) is 4.79 Å². The maximum Gasteiger partial charge on any atom is 0.333 e. The Labute approximate surface area is 108 Å². The summed E-state index contributed by atoms with van der Waals surface area (Å²) in [7, 11) is 0. The lowest BCUT2D eigenvalue weighted by atomic mass is 10.1. The molecule has 18 heavy (non-hydrogen) atoms. The van der Waals surface area contributed by atoms with Crippen molar-refractivity contribution in [3.05, 3.63) is 54.6 Å². The predicted octanol–water partition coefficient (Wildman–Crippen LogP) is 2.91. The maximum atomic E-state index is 11.2. The Hall–Kier alpha value is -2.03. The Morgan fingerprint density at radius 3 is 2.89 bits per heavy atom. The van der Waals surface area contributed by atoms with E-state index in [1.54, 1.807) is 13.0 Å². The minimum absolute atomic E-state index is 0.344. The minimum Gasteiger partial charge on any atom is -0.490 e. The van der Waals surface area contributed by atoms with Crippen LogP contribution in [-0.2, 0) is 16.0 Å². The van der Waals surface area contributed by atoms with Gasteiger partial charge in [0.1, 0.15) is 12.4 Å². The van der Waals surface area contributed by atoms with E-state index in [1.807, 2.05) is 24.3 Å². The highest BCUT2D eigenvalue weighted by atomic mass is 16.5. The summed E-state index contributed by atoms with van der Waals surface area (Å²) >= 11 is 0. The average Bonchev–Trinajstić information content (AvgIpc) is 2.36. The fourth-order valence-corrected chi connectivity index (χ4v) is 1.33. The van der Waals surface area contributed by atoms with Crippen LogP contribution in [0.5, 0.6) is 5.75 Å². The third-order valence-corrected chi connectivity index (χ3v) is 2.24. The Morgan fingerprint density at radius 1 is 1.44 bits per heavy atom. The second-order valence-corrected chi connectivity index (χ2v) is 3.91. The number of carbonyl (C=O) groups is 1. The lowest BCUT2D eigenvalue weighted by Gasteiger charge is -2.07. The van der Waals surface area contributed by atoms with Gasteiger partial charge in [0, 0.05) is 12.0 Å². The van der Waals surface area contributed by atoms with Gasteiger partial charge < -0.3 is 9.47 Å². The van der Waals surface area contributed by atoms with Crippen molar-refractivity contribution in [2.45, 2.75) is 13.3 Å². The molecule has 0 heterocycles. The van der Waals surface area contributed by atoms with Crippen molar-refractivity contribution in [2.75, 3.05) is 13.2 Å². The van der Waals surface area contributed by atoms with Crippen molar-refractivity contribution in [2.24, 2.45) is 0 Å². The van der Waals surface area contributed by atoms with Crippen molar-refractivity contribution in [1.29, 1.82) is 0 Å². The largest absolute Gasteiger partial charge is 0.490 e. The van der Waals surface area contributed by atoms with Gasteiger partial charge in [0.05, 0.1) is 6.61 Å². The third kappa shape index (κ3) is 4.87. The molecule has 0 fully saturated rings. The molecule has 1 aromatic rings. The normalized spacial score (nSPS) is 9.61. The van der Waals surface area contributed by atoms with Crippen LogP contribution >= 0.6 is 0 Å². The first kappa shape index (κ1) is 14.0. The molecule has 0 radical (unpaired) electrons. The standard InChI is InChI=1S/C15H18O3/c1-4-9-17-14-7-5-6-13(11-14)8-10-18-15(16)12(2)3/h4-7,11H,1-2,8-10H2,3H3. The van der Waals surface area contributed by atoms with Crippen molar-refractivity contribution >= 4 is 5.97 Å². The minimum atomic E-state index is -0.353. The number of hydrogen-bond donors (Lipinski definition) is 0. The van der Waals surface area contributed by atoms with E-state index in [-0.39, 0.29) is 5.97 Å². The molecule has 0 unspecified atom stereocenters. The molecule has 0 saturated carbocycles. The van der Waals surface area contributed by atoms with Gasteiger partial charge in [0.2, 0.25) is 0 Å². The van der Waals surface area contributed by atoms with Crippen LogP contribution in [0.1, 0.15) is 12.5 Å². The number of carbonyl (C=O) groups excluding carboxylic acids is 1. The lowest BCUT2D eigenvalue weighted by Crippen LogP contribution is -2.08. The van der Waals surface area contributed by atoms with Crippen LogP contribution in [0.2, 0.25) is 0 Å². The van der Waals surface area contributed by atoms with E-state index in [2.05, 4.69) is 13.2 Å². The second-order valence-electron chi connectivity index (χ2n) is 3.91. The summed E-state index contributed by atoms with van der Waals surface area (Å²) in [6, 6.07) is 7.69. The van der Waals surface area contributed by atoms with Crippen molar-refractivity contribution in [3.63, 3.8) is 0 Å². The van der Waals surface area contributed by atoms with Crippen molar-refractivity contribution in [3.8, 4) is 5.75 Å². The smallest absolute Gasteiger partial charge is 0.333 e. The molecular weight excluding hydrogens is 228 g/mol. The van der Waals surface area contributed by atoms with Crippen LogP contribution in [-0.4, -0.2) is 19.2 Å². The SMILES string of the molecule is C=CCOc1cccc(CCOC(=O)C(=C)C)c1. The van der Waals surface area contributed by atoms with Crippen LogP contribution < -0.4 is 4.74 Å². The number of ether oxygens (including phenoxy) is 2. The highest BCUT2D eigenvalue weighted by molar-refractivity contribution is 5.86. The van der Waals surface area contributed by atoms with Crippen LogP contribution in [0, 0.1) is 0 Å². The summed E-state index contributed by atoms with van der Waals surface area (Å²) in [6.45, 7) is 9.57. The van der Waals surface area contributed by atoms with Gasteiger partial charge in [-0.05, 0) is 24.6 Å². The van der Waals surface area contributed by atoms with Gasteiger partial charge in [0.15, 0.2) is 0 Å². The molecule has 0 N–H and O–H groups in total. The fourth-order valence-electron chi connectivity index (χ4n) is 1.33. The number of hydrogen-bond acceptors (Lipinski definition) is 3. The van der Waals surface area contributed by atoms with Gasteiger partial charge in [-0.25, -0.2) is 4.79 Å². The molecule has 0 aromatic heterocycles. The van der Waals surface area contributed by atoms with Gasteiger partial charge in [0.25, 0.3) is 0 Å². The molecular formula is C15H18O3. The molecule has 0 spiro atoms. The zero-order valence-electron chi connectivity index (χ0n) is 10.6. The van der Waals surface area contributed by atoms with Crippen molar-refractivity contribution in [1.82, 2.24) is 0 Å². The van der Waals surface area contributed by atoms with E-state index < -0.39 is 0 Å². The molecule has 0 saturated heterocycles. The summed E-state index contributed by atoms with van der Waals surface area (Å²) in [4.78, 5) is 11.2. The monoisotopic (exact) mass is 246 g/mol. The average molecular weight is 246 g/mol. The molecule has 1 aromatic carbocycles. The highest BCUT2D eigenvalue weighted by Gasteiger charge is 2.03. The Morgan fingerprint density at radius 2 is 2.22 bits per heavy atom. The molecule has 0 aliphatic carbocycles. The van der Waals surface area contributed by atoms with Crippen LogP contribution in [0.3, 0.4) is 0 Å². The summed E-state index contributed by atoms with van der Waals surface area (Å²) in [6.07, 6.45) is 2.35. The van der Waals surface area contributed by atoms with Gasteiger partial charge in [-0.3, -0.25) is 0 Å². The Balaban J connectivity index is 2.44. The third-order valence-electron chi connectivity index (χ3n) is 2.24. The van der Waals surface area contributed by atoms with E-state index in [1.165, 1.54) is 0 Å². The summed E-state index contributed by atoms with van der Waals surface area (Å²) in [5.41, 5.74) is 1.48. The van der Waals surface area contributed by atoms with Gasteiger partial charge in [-0.2, -0.15) is 0 Å². The summed E-state index contributed by atoms with van der Waals surface area (Å²) in [5, 5.41) is 0. The molecule has 3 nitrogen and oxygen atoms in total. The first-order valence-corrected chi connectivity index (χ1v) is 5.78. The molecule has 0 bridgehead atoms. The van der Waals surface area contributed by atoms with Crippen molar-refractivity contribution < 1.29 is 14.3 Å². The number of esters is 1. The molecule has 1 rings (SSSR count). The lowest BCUT2D eigenvalue weighted by molar-refractivity contribution is -0.138. The summed E-state index contributed by atoms with van der Waals surface area (Å²) < 4.78 is 10.5. The zero-order chi connectivity index (χ0) is 13.4. The second kappa shape index (κ2) is 7.33. The van der Waals surface area contributed by atoms with Gasteiger partial charge >= 0.3 is 5.97 Å². The first-order valence-electron chi connectivity index (χ1n) is 5.78. The number of rotatable bonds is 7. The van der Waals surface area contributed by atoms with Gasteiger partial charge in [-0.1, -0.05) is 31.4 Å². The zero-order valence-corrected chi connectivity index (χ0v) is 10.6. The van der Waals surface area contributed by atoms with Crippen LogP contribution in [0.15, 0.2) is 49.1 Å². The maximum absolute atomic E-state index is 11.2. The van der Waals surface area contributed by atoms with Crippen LogP contribution in [0.25, 0.3) is 0 Å². The predicted molar refractivity (Wildman–Crippen MR) is 71.6 cm³/mol. The van der Waals surface area contributed by atoms with E-state index >= 15 is 0 Å². The molecule has 3 heteroatoms. The number of benzene rings is 1. The molecule has 0 aliphatic heterocycles. The van der Waals surface area contributed by atoms with E-state index in [0.29, 0.717) is 25.2 Å². The molecule has 0 atom stereocenters. The molecule has 96 valence electrons. The quantitative estimate of drug-likeness (QED) is 0.421. The molecule has 0 amide bonds. The topological polar surface area (TPSA) is 35.5 Å². The van der Waals surface area contributed by atoms with E-state index in [4.69, 9.17) is 9.47 Å². The Kier molecular flexibility index (Phi) is 5.71.